The number of ether oxygens (including phenoxy) is 1. The Balaban J connectivity index is 2.38. The van der Waals surface area contributed by atoms with Crippen LogP contribution in [0.1, 0.15) is 11.6 Å². The van der Waals surface area contributed by atoms with Crippen molar-refractivity contribution in [3.8, 4) is 5.75 Å². The lowest BCUT2D eigenvalue weighted by Crippen LogP contribution is -2.37. The zero-order valence-electron chi connectivity index (χ0n) is 15.7. The lowest BCUT2D eigenvalue weighted by atomic mass is 10.1. The number of benzene rings is 2. The average Bonchev–Trinajstić information content (AvgIpc) is 2.60. The molecule has 0 aliphatic carbocycles. The minimum atomic E-state index is -4.86. The predicted octanol–water partition coefficient (Wildman–Crippen LogP) is 4.82. The number of alkyl halides is 3. The highest BCUT2D eigenvalue weighted by atomic mass is 35.5. The Hall–Kier alpha value is -1.52. The van der Waals surface area contributed by atoms with E-state index in [9.17, 15) is 21.6 Å². The number of rotatable bonds is 7. The van der Waals surface area contributed by atoms with Crippen molar-refractivity contribution in [1.29, 1.82) is 0 Å². The second-order valence-electron chi connectivity index (χ2n) is 6.49. The molecule has 2 aromatic carbocycles. The van der Waals surface area contributed by atoms with Gasteiger partial charge in [0.05, 0.1) is 21.0 Å². The van der Waals surface area contributed by atoms with Gasteiger partial charge in [-0.3, -0.25) is 0 Å². The highest BCUT2D eigenvalue weighted by Crippen LogP contribution is 2.32. The quantitative estimate of drug-likeness (QED) is 0.582. The molecule has 0 saturated heterocycles. The summed E-state index contributed by atoms with van der Waals surface area (Å²) in [5, 5.41) is 0.622. The van der Waals surface area contributed by atoms with Crippen LogP contribution in [0.5, 0.6) is 5.75 Å². The Kier molecular flexibility index (Phi) is 7.45. The minimum Gasteiger partial charge on any atom is -0.406 e. The highest BCUT2D eigenvalue weighted by Gasteiger charge is 2.32. The second-order valence-corrected chi connectivity index (χ2v) is 9.30. The van der Waals surface area contributed by atoms with Crippen molar-refractivity contribution in [3.63, 3.8) is 0 Å². The Bertz CT molecular complexity index is 952. The van der Waals surface area contributed by atoms with Gasteiger partial charge in [0.1, 0.15) is 5.75 Å². The zero-order valence-corrected chi connectivity index (χ0v) is 18.1. The Morgan fingerprint density at radius 3 is 2.07 bits per heavy atom. The summed E-state index contributed by atoms with van der Waals surface area (Å²) in [7, 11) is 0.945. The van der Waals surface area contributed by atoms with Crippen LogP contribution in [0.3, 0.4) is 0 Å². The standard InChI is InChI=1S/C18H19Cl2F3N2O3S/c1-24(2)11-17(12-4-9-15(19)16(20)10-12)25(3)29(26,27)14-7-5-13(6-8-14)28-18(21,22)23/h4-10,17H,11H2,1-3H3/t17-/m0/s1. The summed E-state index contributed by atoms with van der Waals surface area (Å²) in [6, 6.07) is 8.26. The molecule has 0 N–H and O–H groups in total. The van der Waals surface area contributed by atoms with Crippen LogP contribution < -0.4 is 4.74 Å². The normalized spacial score (nSPS) is 13.7. The van der Waals surface area contributed by atoms with Crippen molar-refractivity contribution in [2.45, 2.75) is 17.3 Å². The Morgan fingerprint density at radius 2 is 1.59 bits per heavy atom. The monoisotopic (exact) mass is 470 g/mol. The predicted molar refractivity (Wildman–Crippen MR) is 106 cm³/mol. The van der Waals surface area contributed by atoms with Gasteiger partial charge in [0.2, 0.25) is 10.0 Å². The van der Waals surface area contributed by atoms with E-state index in [0.29, 0.717) is 17.1 Å². The van der Waals surface area contributed by atoms with Crippen LogP contribution in [0.2, 0.25) is 10.0 Å². The SMILES string of the molecule is CN(C)C[C@@H](c1ccc(Cl)c(Cl)c1)N(C)S(=O)(=O)c1ccc(OC(F)(F)F)cc1. The fourth-order valence-electron chi connectivity index (χ4n) is 2.64. The third-order valence-corrected chi connectivity index (χ3v) is 6.66. The summed E-state index contributed by atoms with van der Waals surface area (Å²) in [4.78, 5) is 1.64. The molecule has 0 amide bonds. The molecular weight excluding hydrogens is 452 g/mol. The largest absolute Gasteiger partial charge is 0.573 e. The van der Waals surface area contributed by atoms with Crippen LogP contribution in [-0.2, 0) is 10.0 Å². The van der Waals surface area contributed by atoms with Crippen molar-refractivity contribution in [3.05, 3.63) is 58.1 Å². The molecule has 11 heteroatoms. The molecule has 29 heavy (non-hydrogen) atoms. The van der Waals surface area contributed by atoms with Gasteiger partial charge in [-0.05, 0) is 56.1 Å². The van der Waals surface area contributed by atoms with Gasteiger partial charge >= 0.3 is 6.36 Å². The fraction of sp³-hybridized carbons (Fsp3) is 0.333. The fourth-order valence-corrected chi connectivity index (χ4v) is 4.29. The van der Waals surface area contributed by atoms with E-state index >= 15 is 0 Å². The van der Waals surface area contributed by atoms with Crippen LogP contribution in [0.15, 0.2) is 47.4 Å². The van der Waals surface area contributed by atoms with Crippen molar-refractivity contribution < 1.29 is 26.3 Å². The third kappa shape index (κ3) is 6.23. The van der Waals surface area contributed by atoms with E-state index in [2.05, 4.69) is 4.74 Å². The number of sulfonamides is 1. The summed E-state index contributed by atoms with van der Waals surface area (Å²) in [5.41, 5.74) is 0.621. The van der Waals surface area contributed by atoms with E-state index in [1.54, 1.807) is 37.2 Å². The van der Waals surface area contributed by atoms with Gasteiger partial charge in [-0.1, -0.05) is 29.3 Å². The molecular formula is C18H19Cl2F3N2O3S. The first-order valence-electron chi connectivity index (χ1n) is 8.25. The molecule has 0 aliphatic rings. The lowest BCUT2D eigenvalue weighted by Gasteiger charge is -2.30. The summed E-state index contributed by atoms with van der Waals surface area (Å²) in [5.74, 6) is -0.506. The topological polar surface area (TPSA) is 49.9 Å². The van der Waals surface area contributed by atoms with Crippen molar-refractivity contribution >= 4 is 33.2 Å². The van der Waals surface area contributed by atoms with Crippen molar-refractivity contribution in [2.75, 3.05) is 27.7 Å². The van der Waals surface area contributed by atoms with Crippen molar-refractivity contribution in [2.24, 2.45) is 0 Å². The van der Waals surface area contributed by atoms with E-state index in [1.807, 2.05) is 0 Å². The van der Waals surface area contributed by atoms with Crippen LogP contribution in [0.4, 0.5) is 13.2 Å². The Morgan fingerprint density at radius 1 is 1.00 bits per heavy atom. The minimum absolute atomic E-state index is 0.168. The molecule has 0 unspecified atom stereocenters. The molecule has 2 rings (SSSR count). The van der Waals surface area contributed by atoms with E-state index < -0.39 is 28.2 Å². The van der Waals surface area contributed by atoms with E-state index in [-0.39, 0.29) is 9.92 Å². The van der Waals surface area contributed by atoms with Gasteiger partial charge in [-0.15, -0.1) is 13.2 Å². The number of nitrogens with zero attached hydrogens (tertiary/aromatic N) is 2. The molecule has 0 aromatic heterocycles. The first-order valence-corrected chi connectivity index (χ1v) is 10.4. The molecule has 1 atom stereocenters. The number of hydrogen-bond acceptors (Lipinski definition) is 4. The molecule has 0 bridgehead atoms. The number of likely N-dealkylation sites (N-methyl/N-ethyl adjacent to an activating group) is 2. The smallest absolute Gasteiger partial charge is 0.406 e. The maximum Gasteiger partial charge on any atom is 0.573 e. The van der Waals surface area contributed by atoms with Gasteiger partial charge in [-0.25, -0.2) is 8.42 Å². The van der Waals surface area contributed by atoms with Gasteiger partial charge in [0.25, 0.3) is 0 Å². The summed E-state index contributed by atoms with van der Waals surface area (Å²) in [6.45, 7) is 0.336. The van der Waals surface area contributed by atoms with Crippen LogP contribution >= 0.6 is 23.2 Å². The van der Waals surface area contributed by atoms with Crippen molar-refractivity contribution in [1.82, 2.24) is 9.21 Å². The Labute approximate surface area is 177 Å². The van der Waals surface area contributed by atoms with Gasteiger partial charge in [0.15, 0.2) is 0 Å². The summed E-state index contributed by atoms with van der Waals surface area (Å²) in [6.07, 6.45) is -4.86. The van der Waals surface area contributed by atoms with Gasteiger partial charge < -0.3 is 9.64 Å². The molecule has 160 valence electrons. The van der Waals surface area contributed by atoms with E-state index in [0.717, 1.165) is 28.6 Å². The van der Waals surface area contributed by atoms with Gasteiger partial charge in [0, 0.05) is 13.6 Å². The zero-order chi connectivity index (χ0) is 22.0. The molecule has 0 fully saturated rings. The summed E-state index contributed by atoms with van der Waals surface area (Å²) < 4.78 is 68.0. The summed E-state index contributed by atoms with van der Waals surface area (Å²) >= 11 is 12.0. The lowest BCUT2D eigenvalue weighted by molar-refractivity contribution is -0.274. The first kappa shape index (κ1) is 23.8. The average molecular weight is 471 g/mol. The maximum absolute atomic E-state index is 13.1. The first-order chi connectivity index (χ1) is 13.3. The van der Waals surface area contributed by atoms with E-state index in [4.69, 9.17) is 23.2 Å². The van der Waals surface area contributed by atoms with Crippen LogP contribution in [0, 0.1) is 0 Å². The molecule has 0 spiro atoms. The van der Waals surface area contributed by atoms with Crippen LogP contribution in [-0.4, -0.2) is 51.7 Å². The molecule has 0 aliphatic heterocycles. The third-order valence-electron chi connectivity index (χ3n) is 4.04. The molecule has 0 saturated carbocycles. The second kappa shape index (κ2) is 9.09. The molecule has 2 aromatic rings. The van der Waals surface area contributed by atoms with Gasteiger partial charge in [-0.2, -0.15) is 4.31 Å². The van der Waals surface area contributed by atoms with E-state index in [1.165, 1.54) is 7.05 Å². The molecule has 0 heterocycles. The highest BCUT2D eigenvalue weighted by molar-refractivity contribution is 7.89. The number of hydrogen-bond donors (Lipinski definition) is 0. The molecule has 0 radical (unpaired) electrons. The van der Waals surface area contributed by atoms with Crippen LogP contribution in [0.25, 0.3) is 0 Å². The maximum atomic E-state index is 13.1. The molecule has 5 nitrogen and oxygen atoms in total. The number of halogens is 5.